The molecule has 168 valence electrons. The predicted molar refractivity (Wildman–Crippen MR) is 124 cm³/mol. The number of phenols is 2. The van der Waals surface area contributed by atoms with Crippen LogP contribution in [0.4, 0.5) is 0 Å². The van der Waals surface area contributed by atoms with E-state index in [1.165, 1.54) is 76.7 Å². The number of ether oxygens (including phenoxy) is 1. The molecular weight excluding hydrogens is 360 g/mol. The second-order valence-corrected chi connectivity index (χ2v) is 8.69. The maximum Gasteiger partial charge on any atom is 0.200 e. The van der Waals surface area contributed by atoms with Gasteiger partial charge in [0, 0.05) is 0 Å². The number of hydrogen-bond acceptors (Lipinski definition) is 3. The third-order valence-electron chi connectivity index (χ3n) is 6.01. The summed E-state index contributed by atoms with van der Waals surface area (Å²) in [6, 6.07) is 5.06. The van der Waals surface area contributed by atoms with E-state index in [0.717, 1.165) is 32.1 Å². The molecule has 0 aliphatic heterocycles. The van der Waals surface area contributed by atoms with E-state index in [-0.39, 0.29) is 17.1 Å². The van der Waals surface area contributed by atoms with E-state index in [0.29, 0.717) is 5.75 Å². The van der Waals surface area contributed by atoms with Crippen molar-refractivity contribution < 1.29 is 14.9 Å². The summed E-state index contributed by atoms with van der Waals surface area (Å²) in [5.41, 5.74) is -0.237. The summed E-state index contributed by atoms with van der Waals surface area (Å²) >= 11 is 0. The Balaban J connectivity index is 2.92. The van der Waals surface area contributed by atoms with E-state index in [2.05, 4.69) is 20.8 Å². The van der Waals surface area contributed by atoms with Gasteiger partial charge in [0.05, 0.1) is 0 Å². The summed E-state index contributed by atoms with van der Waals surface area (Å²) < 4.78 is 6.57. The third kappa shape index (κ3) is 10.3. The lowest BCUT2D eigenvalue weighted by Crippen LogP contribution is -2.36. The highest BCUT2D eigenvalue weighted by Crippen LogP contribution is 2.41. The first-order chi connectivity index (χ1) is 14.1. The van der Waals surface area contributed by atoms with E-state index in [1.54, 1.807) is 12.1 Å². The molecule has 29 heavy (non-hydrogen) atoms. The summed E-state index contributed by atoms with van der Waals surface area (Å²) in [5.74, 6) is 0.214. The average molecular weight is 407 g/mol. The van der Waals surface area contributed by atoms with Crippen LogP contribution in [0.25, 0.3) is 0 Å². The molecule has 0 aliphatic rings. The van der Waals surface area contributed by atoms with Crippen molar-refractivity contribution in [1.29, 1.82) is 0 Å². The van der Waals surface area contributed by atoms with Gasteiger partial charge >= 0.3 is 0 Å². The van der Waals surface area contributed by atoms with Gasteiger partial charge in [0.1, 0.15) is 5.60 Å². The zero-order valence-corrected chi connectivity index (χ0v) is 19.3. The molecule has 3 nitrogen and oxygen atoms in total. The Labute approximate surface area is 179 Å². The lowest BCUT2D eigenvalue weighted by molar-refractivity contribution is 0.0305. The molecule has 0 atom stereocenters. The molecule has 0 unspecified atom stereocenters. The van der Waals surface area contributed by atoms with Crippen LogP contribution < -0.4 is 4.74 Å². The van der Waals surface area contributed by atoms with Crippen molar-refractivity contribution in [3.8, 4) is 17.2 Å². The molecule has 3 heteroatoms. The van der Waals surface area contributed by atoms with Gasteiger partial charge in [0.15, 0.2) is 11.5 Å². The number of rotatable bonds is 18. The maximum absolute atomic E-state index is 10.3. The van der Waals surface area contributed by atoms with E-state index in [9.17, 15) is 10.2 Å². The Kier molecular flexibility index (Phi) is 13.7. The predicted octanol–water partition coefficient (Wildman–Crippen LogP) is 8.52. The van der Waals surface area contributed by atoms with Crippen LogP contribution in [0.3, 0.4) is 0 Å². The fourth-order valence-electron chi connectivity index (χ4n) is 4.15. The number of aromatic hydroxyl groups is 2. The number of hydrogen-bond donors (Lipinski definition) is 2. The third-order valence-corrected chi connectivity index (χ3v) is 6.01. The standard InChI is InChI=1S/C26H46O3/c1-4-7-10-13-16-22-26(20-14-11-8-5-2,21-15-12-9-6-3)29-24-19-17-18-23(27)25(24)28/h17-19,27-28H,4-16,20-22H2,1-3H3. The highest BCUT2D eigenvalue weighted by molar-refractivity contribution is 5.49. The second-order valence-electron chi connectivity index (χ2n) is 8.69. The first kappa shape index (κ1) is 25.7. The summed E-state index contributed by atoms with van der Waals surface area (Å²) in [6.07, 6.45) is 19.1. The number of benzene rings is 1. The van der Waals surface area contributed by atoms with Crippen molar-refractivity contribution in [1.82, 2.24) is 0 Å². The largest absolute Gasteiger partial charge is 0.504 e. The quantitative estimate of drug-likeness (QED) is 0.190. The molecule has 1 aromatic rings. The topological polar surface area (TPSA) is 49.7 Å². The molecular formula is C26H46O3. The van der Waals surface area contributed by atoms with Gasteiger partial charge in [-0.15, -0.1) is 0 Å². The minimum absolute atomic E-state index is 0.101. The maximum atomic E-state index is 10.3. The van der Waals surface area contributed by atoms with Crippen LogP contribution in [0.1, 0.15) is 124 Å². The first-order valence-electron chi connectivity index (χ1n) is 12.3. The zero-order chi connectivity index (χ0) is 21.4. The highest BCUT2D eigenvalue weighted by Gasteiger charge is 2.32. The van der Waals surface area contributed by atoms with Crippen molar-refractivity contribution in [3.05, 3.63) is 18.2 Å². The Morgan fingerprint density at radius 2 is 1.10 bits per heavy atom. The van der Waals surface area contributed by atoms with Gasteiger partial charge < -0.3 is 14.9 Å². The average Bonchev–Trinajstić information content (AvgIpc) is 2.72. The fraction of sp³-hybridized carbons (Fsp3) is 0.769. The number of para-hydroxylation sites is 1. The number of unbranched alkanes of at least 4 members (excludes halogenated alkanes) is 10. The number of phenolic OH excluding ortho intramolecular Hbond substituents is 2. The zero-order valence-electron chi connectivity index (χ0n) is 19.3. The molecule has 0 spiro atoms. The monoisotopic (exact) mass is 406 g/mol. The first-order valence-corrected chi connectivity index (χ1v) is 12.3. The minimum Gasteiger partial charge on any atom is -0.504 e. The Bertz CT molecular complexity index is 515. The van der Waals surface area contributed by atoms with Crippen molar-refractivity contribution in [2.45, 2.75) is 129 Å². The van der Waals surface area contributed by atoms with Gasteiger partial charge in [0.25, 0.3) is 0 Å². The molecule has 0 heterocycles. The molecule has 0 radical (unpaired) electrons. The molecule has 0 saturated heterocycles. The molecule has 0 aliphatic carbocycles. The highest BCUT2D eigenvalue weighted by atomic mass is 16.5. The molecule has 0 fully saturated rings. The SMILES string of the molecule is CCCCCCCC(CCCCCC)(CCCCCC)Oc1cccc(O)c1O. The summed E-state index contributed by atoms with van der Waals surface area (Å²) in [6.45, 7) is 6.74. The van der Waals surface area contributed by atoms with Crippen LogP contribution in [0, 0.1) is 0 Å². The second kappa shape index (κ2) is 15.5. The molecule has 1 aromatic carbocycles. The molecule has 2 N–H and O–H groups in total. The van der Waals surface area contributed by atoms with Gasteiger partial charge in [0.2, 0.25) is 5.75 Å². The van der Waals surface area contributed by atoms with Gasteiger partial charge in [-0.25, -0.2) is 0 Å². The molecule has 0 amide bonds. The van der Waals surface area contributed by atoms with E-state index in [4.69, 9.17) is 4.74 Å². The molecule has 0 bridgehead atoms. The van der Waals surface area contributed by atoms with Crippen molar-refractivity contribution in [2.24, 2.45) is 0 Å². The molecule has 0 aromatic heterocycles. The smallest absolute Gasteiger partial charge is 0.200 e. The van der Waals surface area contributed by atoms with Crippen LogP contribution >= 0.6 is 0 Å². The van der Waals surface area contributed by atoms with Gasteiger partial charge in [-0.05, 0) is 50.7 Å². The van der Waals surface area contributed by atoms with Gasteiger partial charge in [-0.1, -0.05) is 91.0 Å². The molecule has 1 rings (SSSR count). The summed E-state index contributed by atoms with van der Waals surface area (Å²) in [7, 11) is 0. The van der Waals surface area contributed by atoms with E-state index < -0.39 is 0 Å². The van der Waals surface area contributed by atoms with Crippen LogP contribution in [-0.2, 0) is 0 Å². The van der Waals surface area contributed by atoms with Crippen molar-refractivity contribution in [3.63, 3.8) is 0 Å². The summed E-state index contributed by atoms with van der Waals surface area (Å²) in [4.78, 5) is 0. The Hall–Kier alpha value is -1.38. The van der Waals surface area contributed by atoms with E-state index in [1.807, 2.05) is 0 Å². The van der Waals surface area contributed by atoms with E-state index >= 15 is 0 Å². The lowest BCUT2D eigenvalue weighted by atomic mass is 9.84. The van der Waals surface area contributed by atoms with Crippen molar-refractivity contribution in [2.75, 3.05) is 0 Å². The fourth-order valence-corrected chi connectivity index (χ4v) is 4.15. The Morgan fingerprint density at radius 3 is 1.59 bits per heavy atom. The van der Waals surface area contributed by atoms with Crippen LogP contribution in [0.2, 0.25) is 0 Å². The van der Waals surface area contributed by atoms with Crippen LogP contribution in [0.15, 0.2) is 18.2 Å². The minimum atomic E-state index is -0.237. The van der Waals surface area contributed by atoms with Gasteiger partial charge in [-0.3, -0.25) is 0 Å². The normalized spacial score (nSPS) is 11.7. The van der Waals surface area contributed by atoms with Gasteiger partial charge in [-0.2, -0.15) is 0 Å². The Morgan fingerprint density at radius 1 is 0.655 bits per heavy atom. The van der Waals surface area contributed by atoms with Crippen molar-refractivity contribution >= 4 is 0 Å². The van der Waals surface area contributed by atoms with Crippen LogP contribution in [-0.4, -0.2) is 15.8 Å². The van der Waals surface area contributed by atoms with Crippen LogP contribution in [0.5, 0.6) is 17.2 Å². The lowest BCUT2D eigenvalue weighted by Gasteiger charge is -2.36. The molecule has 0 saturated carbocycles. The summed E-state index contributed by atoms with van der Waals surface area (Å²) in [5, 5.41) is 20.3.